The maximum absolute atomic E-state index is 12.8. The van der Waals surface area contributed by atoms with Crippen molar-refractivity contribution in [3.05, 3.63) is 24.3 Å². The Kier molecular flexibility index (Phi) is 4.48. The second-order valence-corrected chi connectivity index (χ2v) is 9.92. The van der Waals surface area contributed by atoms with Gasteiger partial charge in [-0.25, -0.2) is 13.1 Å². The van der Waals surface area contributed by atoms with Gasteiger partial charge in [0.25, 0.3) is 0 Å². The molecule has 0 heterocycles. The summed E-state index contributed by atoms with van der Waals surface area (Å²) in [6.07, 6.45) is 3.56. The molecule has 1 aromatic rings. The van der Waals surface area contributed by atoms with Crippen molar-refractivity contribution in [1.82, 2.24) is 4.72 Å². The van der Waals surface area contributed by atoms with E-state index in [4.69, 9.17) is 0 Å². The summed E-state index contributed by atoms with van der Waals surface area (Å²) in [6, 6.07) is 6.34. The smallest absolute Gasteiger partial charge is 0.240 e. The van der Waals surface area contributed by atoms with Crippen molar-refractivity contribution in [2.45, 2.75) is 64.3 Å². The molecule has 2 aliphatic rings. The molecule has 0 radical (unpaired) electrons. The van der Waals surface area contributed by atoms with Crippen molar-refractivity contribution in [3.8, 4) is 0 Å². The first-order valence-electron chi connectivity index (χ1n) is 9.02. The van der Waals surface area contributed by atoms with Gasteiger partial charge in [0.05, 0.1) is 4.90 Å². The molecule has 1 amide bonds. The summed E-state index contributed by atoms with van der Waals surface area (Å²) in [6.45, 7) is 8.53. The summed E-state index contributed by atoms with van der Waals surface area (Å²) in [5.41, 5.74) is 0.771. The number of carbonyl (C=O) groups is 1. The van der Waals surface area contributed by atoms with Gasteiger partial charge in [-0.3, -0.25) is 4.79 Å². The summed E-state index contributed by atoms with van der Waals surface area (Å²) in [5.74, 6) is 0.489. The van der Waals surface area contributed by atoms with Crippen molar-refractivity contribution in [3.63, 3.8) is 0 Å². The lowest BCUT2D eigenvalue weighted by Crippen LogP contribution is -2.46. The first kappa shape index (κ1) is 18.4. The van der Waals surface area contributed by atoms with Crippen molar-refractivity contribution in [2.75, 3.05) is 5.32 Å². The Bertz CT molecular complexity index is 770. The first-order valence-corrected chi connectivity index (χ1v) is 10.5. The van der Waals surface area contributed by atoms with Gasteiger partial charge in [0.1, 0.15) is 0 Å². The van der Waals surface area contributed by atoms with E-state index in [1.165, 1.54) is 6.42 Å². The van der Waals surface area contributed by atoms with Gasteiger partial charge in [0.15, 0.2) is 0 Å². The third-order valence-corrected chi connectivity index (χ3v) is 8.35. The number of amides is 1. The number of rotatable bonds is 5. The van der Waals surface area contributed by atoms with Crippen LogP contribution in [0.5, 0.6) is 0 Å². The van der Waals surface area contributed by atoms with E-state index in [9.17, 15) is 13.2 Å². The topological polar surface area (TPSA) is 75.3 Å². The molecule has 3 atom stereocenters. The molecule has 0 spiro atoms. The summed E-state index contributed by atoms with van der Waals surface area (Å²) in [7, 11) is -3.57. The van der Waals surface area contributed by atoms with E-state index in [0.29, 0.717) is 18.0 Å². The zero-order valence-electron chi connectivity index (χ0n) is 15.4. The van der Waals surface area contributed by atoms with Crippen LogP contribution in [0.4, 0.5) is 5.69 Å². The Morgan fingerprint density at radius 1 is 1.20 bits per heavy atom. The monoisotopic (exact) mass is 364 g/mol. The summed E-state index contributed by atoms with van der Waals surface area (Å²) >= 11 is 0. The number of hydrogen-bond donors (Lipinski definition) is 2. The molecule has 2 fully saturated rings. The van der Waals surface area contributed by atoms with Gasteiger partial charge in [-0.15, -0.1) is 0 Å². The number of fused-ring (bicyclic) bond motifs is 2. The van der Waals surface area contributed by atoms with E-state index >= 15 is 0 Å². The third kappa shape index (κ3) is 2.99. The minimum atomic E-state index is -3.57. The van der Waals surface area contributed by atoms with E-state index in [-0.39, 0.29) is 27.7 Å². The summed E-state index contributed by atoms with van der Waals surface area (Å²) in [4.78, 5) is 11.7. The maximum Gasteiger partial charge on any atom is 0.240 e. The third-order valence-electron chi connectivity index (χ3n) is 6.86. The van der Waals surface area contributed by atoms with Crippen LogP contribution in [0.1, 0.15) is 53.4 Å². The molecule has 6 heteroatoms. The molecule has 5 nitrogen and oxygen atoms in total. The summed E-state index contributed by atoms with van der Waals surface area (Å²) in [5, 5.41) is 2.73. The van der Waals surface area contributed by atoms with Gasteiger partial charge in [0, 0.05) is 18.2 Å². The fourth-order valence-electron chi connectivity index (χ4n) is 4.60. The van der Waals surface area contributed by atoms with E-state index in [0.717, 1.165) is 12.8 Å². The highest BCUT2D eigenvalue weighted by Gasteiger charge is 2.61. The SMILES string of the molecule is CCC(=O)Nc1ccc(S(=O)(=O)NC2CC3CCC2(C)C3(C)C)cc1. The Morgan fingerprint density at radius 2 is 1.84 bits per heavy atom. The second-order valence-electron chi connectivity index (χ2n) is 8.21. The van der Waals surface area contributed by atoms with Crippen LogP contribution in [-0.2, 0) is 14.8 Å². The molecule has 0 aromatic heterocycles. The fraction of sp³-hybridized carbons (Fsp3) is 0.632. The van der Waals surface area contributed by atoms with Crippen molar-refractivity contribution in [2.24, 2.45) is 16.7 Å². The molecular formula is C19H28N2O3S. The number of benzene rings is 1. The van der Waals surface area contributed by atoms with Crippen LogP contribution < -0.4 is 10.0 Å². The number of sulfonamides is 1. The molecule has 1 aromatic carbocycles. The van der Waals surface area contributed by atoms with Crippen molar-refractivity contribution >= 4 is 21.6 Å². The maximum atomic E-state index is 12.8. The van der Waals surface area contributed by atoms with Gasteiger partial charge in [-0.05, 0) is 60.3 Å². The highest BCUT2D eigenvalue weighted by molar-refractivity contribution is 7.89. The standard InChI is InChI=1S/C19H28N2O3S/c1-5-17(22)20-14-6-8-15(9-7-14)25(23,24)21-16-12-13-10-11-19(16,4)18(13,2)3/h6-9,13,16,21H,5,10-12H2,1-4H3,(H,20,22). The highest BCUT2D eigenvalue weighted by Crippen LogP contribution is 2.65. The lowest BCUT2D eigenvalue weighted by atomic mass is 9.69. The molecule has 0 saturated heterocycles. The van der Waals surface area contributed by atoms with E-state index in [2.05, 4.69) is 30.8 Å². The van der Waals surface area contributed by atoms with Gasteiger partial charge < -0.3 is 5.32 Å². The first-order chi connectivity index (χ1) is 11.6. The number of nitrogens with one attached hydrogen (secondary N) is 2. The zero-order chi connectivity index (χ0) is 18.5. The number of anilines is 1. The minimum absolute atomic E-state index is 0.000220. The van der Waals surface area contributed by atoms with Gasteiger partial charge in [0.2, 0.25) is 15.9 Å². The van der Waals surface area contributed by atoms with Crippen LogP contribution in [0.15, 0.2) is 29.2 Å². The normalized spacial score (nSPS) is 30.4. The number of hydrogen-bond acceptors (Lipinski definition) is 3. The predicted octanol–water partition coefficient (Wildman–Crippen LogP) is 3.53. The molecular weight excluding hydrogens is 336 g/mol. The molecule has 2 aliphatic carbocycles. The Labute approximate surface area is 150 Å². The lowest BCUT2D eigenvalue weighted by molar-refractivity contribution is -0.115. The van der Waals surface area contributed by atoms with E-state index < -0.39 is 10.0 Å². The highest BCUT2D eigenvalue weighted by atomic mass is 32.2. The molecule has 2 saturated carbocycles. The average molecular weight is 365 g/mol. The van der Waals surface area contributed by atoms with Crippen LogP contribution in [0, 0.1) is 16.7 Å². The summed E-state index contributed by atoms with van der Waals surface area (Å²) < 4.78 is 28.6. The average Bonchev–Trinajstić information content (AvgIpc) is 2.88. The van der Waals surface area contributed by atoms with E-state index in [1.807, 2.05) is 0 Å². The molecule has 0 aliphatic heterocycles. The minimum Gasteiger partial charge on any atom is -0.326 e. The Hall–Kier alpha value is -1.40. The lowest BCUT2D eigenvalue weighted by Gasteiger charge is -2.39. The quantitative estimate of drug-likeness (QED) is 0.839. The molecule has 2 N–H and O–H groups in total. The molecule has 138 valence electrons. The Balaban J connectivity index is 1.76. The molecule has 3 unspecified atom stereocenters. The predicted molar refractivity (Wildman–Crippen MR) is 98.7 cm³/mol. The molecule has 25 heavy (non-hydrogen) atoms. The second kappa shape index (κ2) is 6.09. The van der Waals surface area contributed by atoms with Crippen LogP contribution in [0.2, 0.25) is 0 Å². The van der Waals surface area contributed by atoms with Crippen LogP contribution in [0.3, 0.4) is 0 Å². The van der Waals surface area contributed by atoms with Crippen LogP contribution in [-0.4, -0.2) is 20.4 Å². The van der Waals surface area contributed by atoms with Crippen LogP contribution in [0.25, 0.3) is 0 Å². The zero-order valence-corrected chi connectivity index (χ0v) is 16.2. The van der Waals surface area contributed by atoms with E-state index in [1.54, 1.807) is 31.2 Å². The van der Waals surface area contributed by atoms with Crippen LogP contribution >= 0.6 is 0 Å². The van der Waals surface area contributed by atoms with Gasteiger partial charge in [-0.2, -0.15) is 0 Å². The molecule has 2 bridgehead atoms. The Morgan fingerprint density at radius 3 is 2.32 bits per heavy atom. The van der Waals surface area contributed by atoms with Crippen molar-refractivity contribution < 1.29 is 13.2 Å². The van der Waals surface area contributed by atoms with Crippen molar-refractivity contribution in [1.29, 1.82) is 0 Å². The number of carbonyl (C=O) groups excluding carboxylic acids is 1. The molecule has 3 rings (SSSR count). The largest absolute Gasteiger partial charge is 0.326 e. The van der Waals surface area contributed by atoms with Gasteiger partial charge >= 0.3 is 0 Å². The van der Waals surface area contributed by atoms with Gasteiger partial charge in [-0.1, -0.05) is 27.7 Å². The fourth-order valence-corrected chi connectivity index (χ4v) is 5.97.